The Morgan fingerprint density at radius 1 is 1.56 bits per heavy atom. The molecule has 0 aliphatic rings. The van der Waals surface area contributed by atoms with E-state index >= 15 is 0 Å². The van der Waals surface area contributed by atoms with Crippen LogP contribution in [0.2, 0.25) is 0 Å². The summed E-state index contributed by atoms with van der Waals surface area (Å²) in [6.45, 7) is 4.68. The number of aryl methyl sites for hydroxylation is 1. The SMILES string of the molecule is [CH2-]CCn1ccnc1.[W]. The molecule has 0 fully saturated rings. The molecule has 0 atom stereocenters. The Morgan fingerprint density at radius 3 is 2.78 bits per heavy atom. The molecule has 3 heteroatoms. The van der Waals surface area contributed by atoms with Crippen molar-refractivity contribution in [1.29, 1.82) is 0 Å². The van der Waals surface area contributed by atoms with Gasteiger partial charge in [-0.1, -0.05) is 0 Å². The Labute approximate surface area is 69.6 Å². The molecule has 0 aliphatic heterocycles. The molecule has 1 aromatic rings. The average molecular weight is 293 g/mol. The monoisotopic (exact) mass is 293 g/mol. The van der Waals surface area contributed by atoms with Gasteiger partial charge in [0.25, 0.3) is 0 Å². The maximum atomic E-state index is 3.88. The number of nitrogens with zero attached hydrogens (tertiary/aromatic N) is 2. The van der Waals surface area contributed by atoms with Gasteiger partial charge >= 0.3 is 0 Å². The molecule has 0 amide bonds. The van der Waals surface area contributed by atoms with Crippen LogP contribution >= 0.6 is 0 Å². The summed E-state index contributed by atoms with van der Waals surface area (Å²) in [5.41, 5.74) is 0. The molecule has 0 saturated heterocycles. The Hall–Kier alpha value is -0.102. The summed E-state index contributed by atoms with van der Waals surface area (Å²) < 4.78 is 2.01. The van der Waals surface area contributed by atoms with Crippen LogP contribution in [0.5, 0.6) is 0 Å². The van der Waals surface area contributed by atoms with E-state index in [-0.39, 0.29) is 21.1 Å². The van der Waals surface area contributed by atoms with E-state index in [9.17, 15) is 0 Å². The maximum Gasteiger partial charge on any atom is 0.0945 e. The predicted molar refractivity (Wildman–Crippen MR) is 32.2 cm³/mol. The third-order valence-electron chi connectivity index (χ3n) is 0.976. The van der Waals surface area contributed by atoms with Gasteiger partial charge in [-0.2, -0.15) is 6.42 Å². The van der Waals surface area contributed by atoms with Gasteiger partial charge in [0.2, 0.25) is 0 Å². The van der Waals surface area contributed by atoms with Crippen LogP contribution in [0.1, 0.15) is 6.42 Å². The van der Waals surface area contributed by atoms with Crippen LogP contribution in [0.15, 0.2) is 18.7 Å². The Balaban J connectivity index is 0.000000640. The van der Waals surface area contributed by atoms with Gasteiger partial charge in [0.1, 0.15) is 0 Å². The second-order valence-corrected chi connectivity index (χ2v) is 1.65. The van der Waals surface area contributed by atoms with Crippen molar-refractivity contribution >= 4 is 0 Å². The third kappa shape index (κ3) is 2.80. The molecule has 0 N–H and O–H groups in total. The molecule has 0 unspecified atom stereocenters. The summed E-state index contributed by atoms with van der Waals surface area (Å²) in [6, 6.07) is 0. The molecule has 0 aliphatic carbocycles. The van der Waals surface area contributed by atoms with Crippen molar-refractivity contribution in [1.82, 2.24) is 9.55 Å². The number of hydrogen-bond acceptors (Lipinski definition) is 1. The van der Waals surface area contributed by atoms with Crippen molar-refractivity contribution in [3.63, 3.8) is 0 Å². The van der Waals surface area contributed by atoms with Crippen LogP contribution in [0.4, 0.5) is 0 Å². The van der Waals surface area contributed by atoms with Crippen LogP contribution in [0.25, 0.3) is 0 Å². The van der Waals surface area contributed by atoms with Gasteiger partial charge in [-0.05, 0) is 6.54 Å². The summed E-state index contributed by atoms with van der Waals surface area (Å²) in [5.74, 6) is 0. The molecule has 50 valence electrons. The van der Waals surface area contributed by atoms with Gasteiger partial charge in [-0.15, -0.1) is 0 Å². The minimum atomic E-state index is 0. The van der Waals surface area contributed by atoms with Crippen LogP contribution in [0.3, 0.4) is 0 Å². The van der Waals surface area contributed by atoms with Crippen LogP contribution in [-0.4, -0.2) is 9.55 Å². The normalized spacial score (nSPS) is 8.56. The van der Waals surface area contributed by atoms with E-state index in [2.05, 4.69) is 11.9 Å². The van der Waals surface area contributed by atoms with Gasteiger partial charge in [-0.25, -0.2) is 4.98 Å². The van der Waals surface area contributed by atoms with Crippen LogP contribution in [0, 0.1) is 6.92 Å². The molecule has 0 radical (unpaired) electrons. The van der Waals surface area contributed by atoms with Gasteiger partial charge < -0.3 is 11.5 Å². The van der Waals surface area contributed by atoms with E-state index in [1.54, 1.807) is 12.5 Å². The van der Waals surface area contributed by atoms with Crippen molar-refractivity contribution in [3.05, 3.63) is 25.6 Å². The molecule has 0 spiro atoms. The molecule has 2 nitrogen and oxygen atoms in total. The first kappa shape index (κ1) is 8.90. The molecule has 1 rings (SSSR count). The summed E-state index contributed by atoms with van der Waals surface area (Å²) in [7, 11) is 0. The molecule has 0 aromatic carbocycles. The fraction of sp³-hybridized carbons (Fsp3) is 0.333. The largest absolute Gasteiger partial charge is 0.342 e. The first-order valence-electron chi connectivity index (χ1n) is 2.68. The summed E-state index contributed by atoms with van der Waals surface area (Å²) >= 11 is 0. The number of hydrogen-bond donors (Lipinski definition) is 0. The minimum absolute atomic E-state index is 0. The van der Waals surface area contributed by atoms with Crippen LogP contribution in [-0.2, 0) is 27.6 Å². The van der Waals surface area contributed by atoms with Crippen molar-refractivity contribution < 1.29 is 21.1 Å². The fourth-order valence-corrected chi connectivity index (χ4v) is 0.602. The molecule has 1 heterocycles. The van der Waals surface area contributed by atoms with Gasteiger partial charge in [-0.3, -0.25) is 0 Å². The van der Waals surface area contributed by atoms with Crippen molar-refractivity contribution in [3.8, 4) is 0 Å². The number of imidazole rings is 1. The number of rotatable bonds is 2. The average Bonchev–Trinajstić information content (AvgIpc) is 2.19. The van der Waals surface area contributed by atoms with Crippen molar-refractivity contribution in [2.75, 3.05) is 0 Å². The Kier molecular flexibility index (Phi) is 4.69. The molecule has 0 saturated carbocycles. The second kappa shape index (κ2) is 4.75. The summed E-state index contributed by atoms with van der Waals surface area (Å²) in [5, 5.41) is 0. The van der Waals surface area contributed by atoms with Crippen molar-refractivity contribution in [2.45, 2.75) is 13.0 Å². The smallest absolute Gasteiger partial charge is 0.0945 e. The van der Waals surface area contributed by atoms with Crippen molar-refractivity contribution in [2.24, 2.45) is 0 Å². The molecule has 0 bridgehead atoms. The zero-order chi connectivity index (χ0) is 5.82. The van der Waals surface area contributed by atoms with Gasteiger partial charge in [0, 0.05) is 33.5 Å². The fourth-order valence-electron chi connectivity index (χ4n) is 0.602. The Morgan fingerprint density at radius 2 is 2.33 bits per heavy atom. The standard InChI is InChI=1S/C6H9N2.W/c1-2-4-8-5-3-7-6-8;/h3,5-6H,1-2,4H2;/q-1;. The zero-order valence-corrected chi connectivity index (χ0v) is 8.09. The Bertz CT molecular complexity index is 137. The van der Waals surface area contributed by atoms with E-state index in [4.69, 9.17) is 0 Å². The molecular formula is C6H9N2W-. The first-order chi connectivity index (χ1) is 3.93. The molecule has 1 aromatic heterocycles. The quantitative estimate of drug-likeness (QED) is 0.747. The van der Waals surface area contributed by atoms with Gasteiger partial charge in [0.15, 0.2) is 0 Å². The summed E-state index contributed by atoms with van der Waals surface area (Å²) in [4.78, 5) is 3.88. The summed E-state index contributed by atoms with van der Waals surface area (Å²) in [6.07, 6.45) is 6.43. The van der Waals surface area contributed by atoms with Crippen LogP contribution < -0.4 is 0 Å². The molecule has 9 heavy (non-hydrogen) atoms. The maximum absolute atomic E-state index is 3.88. The van der Waals surface area contributed by atoms with Gasteiger partial charge in [0.05, 0.1) is 6.33 Å². The van der Waals surface area contributed by atoms with E-state index in [0.717, 1.165) is 13.0 Å². The van der Waals surface area contributed by atoms with E-state index in [1.165, 1.54) is 0 Å². The van der Waals surface area contributed by atoms with E-state index in [0.29, 0.717) is 0 Å². The topological polar surface area (TPSA) is 17.8 Å². The van der Waals surface area contributed by atoms with E-state index in [1.807, 2.05) is 10.8 Å². The first-order valence-corrected chi connectivity index (χ1v) is 2.68. The predicted octanol–water partition coefficient (Wildman–Crippen LogP) is 1.10. The number of aromatic nitrogens is 2. The zero-order valence-electron chi connectivity index (χ0n) is 5.16. The van der Waals surface area contributed by atoms with E-state index < -0.39 is 0 Å². The second-order valence-electron chi connectivity index (χ2n) is 1.65. The third-order valence-corrected chi connectivity index (χ3v) is 0.976. The minimum Gasteiger partial charge on any atom is -0.342 e. The molecular weight excluding hydrogens is 284 g/mol.